The largest absolute Gasteiger partial charge is 0.379 e. The SMILES string of the molecule is O=C(Cn1ccc(C2CC2)n1)N[C@@H](Cc1cc(F)cc(F)c1)c1nc2cc(-c3cncnc3)ccc2c(=O)n1-c1ccc(S(=O)(=O)N2CCOCC2)cc1. The summed E-state index contributed by atoms with van der Waals surface area (Å²) in [7, 11) is -3.85. The van der Waals surface area contributed by atoms with Crippen LogP contribution >= 0.6 is 0 Å². The zero-order valence-corrected chi connectivity index (χ0v) is 29.6. The van der Waals surface area contributed by atoms with Crippen LogP contribution in [0.3, 0.4) is 0 Å². The Morgan fingerprint density at radius 1 is 0.926 bits per heavy atom. The second kappa shape index (κ2) is 14.6. The van der Waals surface area contributed by atoms with Crippen molar-refractivity contribution in [3.05, 3.63) is 131 Å². The standard InChI is InChI=1S/C38H34F2N8O5S/c39-28-15-24(16-29(40)19-28)17-35(43-36(49)22-46-10-9-33(45-46)25-1-2-25)37-44-34-18-26(27-20-41-23-42-21-27)3-8-32(34)38(50)48(37)30-4-6-31(7-5-30)54(51,52)47-11-13-53-14-12-47/h3-10,15-16,18-21,23,25,35H,1-2,11-14,17,22H2,(H,43,49)/t35-/m0/s1. The summed E-state index contributed by atoms with van der Waals surface area (Å²) in [5.74, 6) is -1.67. The lowest BCUT2D eigenvalue weighted by molar-refractivity contribution is -0.122. The van der Waals surface area contributed by atoms with Gasteiger partial charge in [0.15, 0.2) is 0 Å². The number of morpholine rings is 1. The van der Waals surface area contributed by atoms with Crippen LogP contribution in [0.4, 0.5) is 8.78 Å². The lowest BCUT2D eigenvalue weighted by Gasteiger charge is -2.26. The third-order valence-corrected chi connectivity index (χ3v) is 11.4. The van der Waals surface area contributed by atoms with Crippen molar-refractivity contribution in [3.8, 4) is 16.8 Å². The highest BCUT2D eigenvalue weighted by Crippen LogP contribution is 2.38. The van der Waals surface area contributed by atoms with Crippen LogP contribution in [0.2, 0.25) is 0 Å². The van der Waals surface area contributed by atoms with Crippen LogP contribution in [0, 0.1) is 11.6 Å². The minimum absolute atomic E-state index is 0.0242. The van der Waals surface area contributed by atoms with Gasteiger partial charge in [-0.25, -0.2) is 32.2 Å². The molecule has 1 saturated heterocycles. The molecule has 6 aromatic rings. The monoisotopic (exact) mass is 752 g/mol. The summed E-state index contributed by atoms with van der Waals surface area (Å²) < 4.78 is 65.4. The van der Waals surface area contributed by atoms with E-state index in [1.807, 2.05) is 6.07 Å². The predicted molar refractivity (Wildman–Crippen MR) is 193 cm³/mol. The molecular weight excluding hydrogens is 719 g/mol. The third-order valence-electron chi connectivity index (χ3n) is 9.46. The molecular formula is C38H34F2N8O5S. The number of benzene rings is 3. The Kier molecular flexibility index (Phi) is 9.56. The number of nitrogens with zero attached hydrogens (tertiary/aromatic N) is 7. The second-order valence-corrected chi connectivity index (χ2v) is 15.2. The number of hydrogen-bond donors (Lipinski definition) is 1. The summed E-state index contributed by atoms with van der Waals surface area (Å²) >= 11 is 0. The van der Waals surface area contributed by atoms with Crippen LogP contribution in [-0.2, 0) is 32.5 Å². The van der Waals surface area contributed by atoms with E-state index in [-0.39, 0.29) is 72.1 Å². The minimum Gasteiger partial charge on any atom is -0.379 e. The lowest BCUT2D eigenvalue weighted by atomic mass is 10.0. The molecule has 4 heterocycles. The van der Waals surface area contributed by atoms with E-state index >= 15 is 0 Å². The number of carbonyl (C=O) groups is 1. The zero-order chi connectivity index (χ0) is 37.4. The first-order valence-electron chi connectivity index (χ1n) is 17.4. The average Bonchev–Trinajstić information content (AvgIpc) is 3.92. The number of sulfonamides is 1. The van der Waals surface area contributed by atoms with E-state index in [0.29, 0.717) is 17.0 Å². The maximum absolute atomic E-state index is 14.6. The zero-order valence-electron chi connectivity index (χ0n) is 28.8. The van der Waals surface area contributed by atoms with Crippen LogP contribution in [0.15, 0.2) is 101 Å². The number of fused-ring (bicyclic) bond motifs is 1. The van der Waals surface area contributed by atoms with Gasteiger partial charge >= 0.3 is 0 Å². The van der Waals surface area contributed by atoms with Gasteiger partial charge in [-0.2, -0.15) is 9.40 Å². The summed E-state index contributed by atoms with van der Waals surface area (Å²) in [6.07, 6.45) is 8.29. The Morgan fingerprint density at radius 2 is 1.65 bits per heavy atom. The molecule has 2 fully saturated rings. The van der Waals surface area contributed by atoms with Crippen molar-refractivity contribution in [1.29, 1.82) is 0 Å². The van der Waals surface area contributed by atoms with Gasteiger partial charge in [-0.05, 0) is 78.6 Å². The molecule has 13 nitrogen and oxygen atoms in total. The molecule has 1 amide bonds. The lowest BCUT2D eigenvalue weighted by Crippen LogP contribution is -2.40. The van der Waals surface area contributed by atoms with Gasteiger partial charge in [-0.3, -0.25) is 18.8 Å². The van der Waals surface area contributed by atoms with E-state index in [2.05, 4.69) is 20.4 Å². The molecule has 8 rings (SSSR count). The number of rotatable bonds is 11. The van der Waals surface area contributed by atoms with Gasteiger partial charge in [0.2, 0.25) is 15.9 Å². The van der Waals surface area contributed by atoms with Gasteiger partial charge in [-0.1, -0.05) is 6.07 Å². The predicted octanol–water partition coefficient (Wildman–Crippen LogP) is 4.32. The Balaban J connectivity index is 1.25. The molecule has 1 saturated carbocycles. The summed E-state index contributed by atoms with van der Waals surface area (Å²) in [6.45, 7) is 0.818. The number of amides is 1. The molecule has 0 spiro atoms. The van der Waals surface area contributed by atoms with Gasteiger partial charge in [0.1, 0.15) is 30.3 Å². The van der Waals surface area contributed by atoms with Crippen molar-refractivity contribution < 1.29 is 26.7 Å². The summed E-state index contributed by atoms with van der Waals surface area (Å²) in [6, 6.07) is 14.7. The number of aromatic nitrogens is 6. The van der Waals surface area contributed by atoms with Gasteiger partial charge in [0, 0.05) is 55.6 Å². The van der Waals surface area contributed by atoms with Gasteiger partial charge in [-0.15, -0.1) is 0 Å². The van der Waals surface area contributed by atoms with Crippen LogP contribution in [0.5, 0.6) is 0 Å². The first kappa shape index (κ1) is 35.3. The van der Waals surface area contributed by atoms with E-state index in [0.717, 1.165) is 36.7 Å². The van der Waals surface area contributed by atoms with Crippen molar-refractivity contribution in [1.82, 2.24) is 38.9 Å². The van der Waals surface area contributed by atoms with Gasteiger partial charge in [0.05, 0.1) is 46.4 Å². The highest BCUT2D eigenvalue weighted by Gasteiger charge is 2.29. The molecule has 0 radical (unpaired) electrons. The third kappa shape index (κ3) is 7.40. The molecule has 3 aromatic heterocycles. The van der Waals surface area contributed by atoms with E-state index in [1.165, 1.54) is 44.1 Å². The maximum Gasteiger partial charge on any atom is 0.266 e. The topological polar surface area (TPSA) is 154 Å². The Morgan fingerprint density at radius 3 is 2.35 bits per heavy atom. The highest BCUT2D eigenvalue weighted by atomic mass is 32.2. The van der Waals surface area contributed by atoms with E-state index in [1.54, 1.807) is 36.8 Å². The Bertz CT molecular complexity index is 2500. The molecule has 2 aliphatic rings. The minimum atomic E-state index is -3.85. The number of ether oxygens (including phenoxy) is 1. The molecule has 54 heavy (non-hydrogen) atoms. The molecule has 1 aliphatic carbocycles. The quantitative estimate of drug-likeness (QED) is 0.204. The molecule has 1 aliphatic heterocycles. The maximum atomic E-state index is 14.6. The molecule has 1 atom stereocenters. The van der Waals surface area contributed by atoms with Crippen molar-refractivity contribution in [2.24, 2.45) is 0 Å². The smallest absolute Gasteiger partial charge is 0.266 e. The number of halogens is 2. The Hall–Kier alpha value is -5.71. The van der Waals surface area contributed by atoms with Crippen LogP contribution in [-0.4, -0.2) is 74.2 Å². The number of carbonyl (C=O) groups excluding carboxylic acids is 1. The van der Waals surface area contributed by atoms with Crippen molar-refractivity contribution in [3.63, 3.8) is 0 Å². The fourth-order valence-electron chi connectivity index (χ4n) is 6.64. The van der Waals surface area contributed by atoms with E-state index in [9.17, 15) is 26.8 Å². The number of hydrogen-bond acceptors (Lipinski definition) is 9. The molecule has 0 unspecified atom stereocenters. The second-order valence-electron chi connectivity index (χ2n) is 13.3. The van der Waals surface area contributed by atoms with Gasteiger partial charge < -0.3 is 10.1 Å². The van der Waals surface area contributed by atoms with Crippen molar-refractivity contribution >= 4 is 26.8 Å². The molecule has 1 N–H and O–H groups in total. The fourth-order valence-corrected chi connectivity index (χ4v) is 8.05. The normalized spacial score (nSPS) is 15.7. The molecule has 16 heteroatoms. The fraction of sp³-hybridized carbons (Fsp3) is 0.263. The summed E-state index contributed by atoms with van der Waals surface area (Å²) in [5, 5.41) is 7.72. The average molecular weight is 753 g/mol. The van der Waals surface area contributed by atoms with Crippen LogP contribution < -0.4 is 10.9 Å². The van der Waals surface area contributed by atoms with E-state index < -0.39 is 39.2 Å². The van der Waals surface area contributed by atoms with Crippen molar-refractivity contribution in [2.75, 3.05) is 26.3 Å². The molecule has 3 aromatic carbocycles. The number of nitrogens with one attached hydrogen (secondary N) is 1. The summed E-state index contributed by atoms with van der Waals surface area (Å²) in [5.41, 5.74) is 2.49. The van der Waals surface area contributed by atoms with E-state index in [4.69, 9.17) is 9.72 Å². The molecule has 0 bridgehead atoms. The summed E-state index contributed by atoms with van der Waals surface area (Å²) in [4.78, 5) is 41.4. The Labute approximate surface area is 308 Å². The molecule has 276 valence electrons. The first-order valence-corrected chi connectivity index (χ1v) is 18.8. The van der Waals surface area contributed by atoms with Crippen molar-refractivity contribution in [2.45, 2.75) is 42.7 Å². The van der Waals surface area contributed by atoms with Gasteiger partial charge in [0.25, 0.3) is 5.56 Å². The highest BCUT2D eigenvalue weighted by molar-refractivity contribution is 7.89. The first-order chi connectivity index (χ1) is 26.1. The van der Waals surface area contributed by atoms with Crippen LogP contribution in [0.1, 0.15) is 41.9 Å². The van der Waals surface area contributed by atoms with Crippen LogP contribution in [0.25, 0.3) is 27.7 Å².